The Morgan fingerprint density at radius 2 is 1.57 bits per heavy atom. The molecule has 0 spiro atoms. The molecule has 0 saturated heterocycles. The van der Waals surface area contributed by atoms with Gasteiger partial charge in [0.25, 0.3) is 0 Å². The minimum atomic E-state index is 0.395. The van der Waals surface area contributed by atoms with Crippen LogP contribution in [-0.4, -0.2) is 0 Å². The highest BCUT2D eigenvalue weighted by Gasteiger charge is 2.25. The van der Waals surface area contributed by atoms with Crippen molar-refractivity contribution in [1.29, 1.82) is 0 Å². The van der Waals surface area contributed by atoms with Crippen molar-refractivity contribution in [3.8, 4) is 11.1 Å². The summed E-state index contributed by atoms with van der Waals surface area (Å²) in [5.41, 5.74) is 6.87. The van der Waals surface area contributed by atoms with E-state index in [1.165, 1.54) is 33.7 Å². The first-order chi connectivity index (χ1) is 10.2. The van der Waals surface area contributed by atoms with Crippen LogP contribution >= 0.6 is 0 Å². The molecule has 1 aliphatic rings. The lowest BCUT2D eigenvalue weighted by molar-refractivity contribution is 0.825. The second kappa shape index (κ2) is 5.73. The SMILES string of the molecule is C[C]1C=CC=C(C)C1c1c(C)cccc1-c1ccccc1. The molecule has 3 rings (SSSR count). The molecular formula is C21H21. The van der Waals surface area contributed by atoms with E-state index in [0.29, 0.717) is 5.92 Å². The van der Waals surface area contributed by atoms with Gasteiger partial charge < -0.3 is 0 Å². The van der Waals surface area contributed by atoms with E-state index in [2.05, 4.69) is 87.5 Å². The predicted octanol–water partition coefficient (Wildman–Crippen LogP) is 5.86. The molecule has 1 aliphatic carbocycles. The summed E-state index contributed by atoms with van der Waals surface area (Å²) in [6.45, 7) is 6.69. The maximum Gasteiger partial charge on any atom is 0.0154 e. The normalized spacial score (nSPS) is 18.6. The lowest BCUT2D eigenvalue weighted by Gasteiger charge is -2.29. The van der Waals surface area contributed by atoms with E-state index in [1.54, 1.807) is 0 Å². The average molecular weight is 273 g/mol. The van der Waals surface area contributed by atoms with Crippen molar-refractivity contribution < 1.29 is 0 Å². The second-order valence-electron chi connectivity index (χ2n) is 5.85. The largest absolute Gasteiger partial charge is 0.0768 e. The van der Waals surface area contributed by atoms with Crippen LogP contribution in [0.15, 0.2) is 72.3 Å². The van der Waals surface area contributed by atoms with Crippen LogP contribution in [0.1, 0.15) is 30.9 Å². The second-order valence-corrected chi connectivity index (χ2v) is 5.85. The van der Waals surface area contributed by atoms with E-state index in [1.807, 2.05) is 0 Å². The molecule has 0 aliphatic heterocycles. The molecule has 1 unspecified atom stereocenters. The first-order valence-electron chi connectivity index (χ1n) is 7.51. The van der Waals surface area contributed by atoms with Crippen LogP contribution in [0.25, 0.3) is 11.1 Å². The molecule has 0 heteroatoms. The minimum absolute atomic E-state index is 0.395. The Labute approximate surface area is 127 Å². The van der Waals surface area contributed by atoms with Crippen molar-refractivity contribution in [2.24, 2.45) is 0 Å². The van der Waals surface area contributed by atoms with Crippen molar-refractivity contribution in [3.05, 3.63) is 89.4 Å². The van der Waals surface area contributed by atoms with E-state index in [4.69, 9.17) is 0 Å². The fraction of sp³-hybridized carbons (Fsp3) is 0.190. The maximum absolute atomic E-state index is 2.25. The van der Waals surface area contributed by atoms with Gasteiger partial charge in [0.15, 0.2) is 0 Å². The van der Waals surface area contributed by atoms with Gasteiger partial charge in [-0.25, -0.2) is 0 Å². The monoisotopic (exact) mass is 273 g/mol. The molecule has 0 bridgehead atoms. The summed E-state index contributed by atoms with van der Waals surface area (Å²) in [6, 6.07) is 17.3. The molecule has 0 heterocycles. The minimum Gasteiger partial charge on any atom is -0.0768 e. The first kappa shape index (κ1) is 13.9. The number of benzene rings is 2. The Kier molecular flexibility index (Phi) is 3.79. The standard InChI is InChI=1S/C21H21/c1-15-9-7-10-16(2)20(15)21-17(3)11-8-14-19(21)18-12-5-4-6-13-18/h4-14,20H,1-3H3. The van der Waals surface area contributed by atoms with Crippen LogP contribution in [0.5, 0.6) is 0 Å². The van der Waals surface area contributed by atoms with Crippen molar-refractivity contribution in [1.82, 2.24) is 0 Å². The van der Waals surface area contributed by atoms with Gasteiger partial charge in [-0.2, -0.15) is 0 Å². The van der Waals surface area contributed by atoms with Crippen molar-refractivity contribution >= 4 is 0 Å². The fourth-order valence-electron chi connectivity index (χ4n) is 3.29. The quantitative estimate of drug-likeness (QED) is 0.643. The predicted molar refractivity (Wildman–Crippen MR) is 91.2 cm³/mol. The van der Waals surface area contributed by atoms with Crippen molar-refractivity contribution in [2.45, 2.75) is 26.7 Å². The van der Waals surface area contributed by atoms with E-state index in [-0.39, 0.29) is 0 Å². The smallest absolute Gasteiger partial charge is 0.0154 e. The summed E-state index contributed by atoms with van der Waals surface area (Å²) in [5, 5.41) is 0. The zero-order valence-corrected chi connectivity index (χ0v) is 12.9. The van der Waals surface area contributed by atoms with Gasteiger partial charge in [0.05, 0.1) is 0 Å². The van der Waals surface area contributed by atoms with Crippen LogP contribution in [0, 0.1) is 12.8 Å². The Balaban J connectivity index is 2.19. The summed E-state index contributed by atoms with van der Waals surface area (Å²) < 4.78 is 0. The van der Waals surface area contributed by atoms with Gasteiger partial charge in [0.1, 0.15) is 0 Å². The summed E-state index contributed by atoms with van der Waals surface area (Å²) in [5.74, 6) is 1.81. The van der Waals surface area contributed by atoms with Gasteiger partial charge in [-0.15, -0.1) is 0 Å². The first-order valence-corrected chi connectivity index (χ1v) is 7.51. The average Bonchev–Trinajstić information content (AvgIpc) is 2.49. The molecule has 2 aromatic carbocycles. The molecule has 0 nitrogen and oxygen atoms in total. The molecule has 0 fully saturated rings. The van der Waals surface area contributed by atoms with Crippen LogP contribution < -0.4 is 0 Å². The molecular weight excluding hydrogens is 252 g/mol. The molecule has 0 amide bonds. The molecule has 105 valence electrons. The van der Waals surface area contributed by atoms with E-state index < -0.39 is 0 Å². The van der Waals surface area contributed by atoms with Crippen LogP contribution in [-0.2, 0) is 0 Å². The molecule has 2 aromatic rings. The Hall–Kier alpha value is -2.08. The van der Waals surface area contributed by atoms with Crippen LogP contribution in [0.3, 0.4) is 0 Å². The molecule has 1 atom stereocenters. The lowest BCUT2D eigenvalue weighted by atomic mass is 9.75. The summed E-state index contributed by atoms with van der Waals surface area (Å²) in [4.78, 5) is 0. The van der Waals surface area contributed by atoms with Gasteiger partial charge in [0, 0.05) is 11.8 Å². The van der Waals surface area contributed by atoms with E-state index in [9.17, 15) is 0 Å². The van der Waals surface area contributed by atoms with Crippen LogP contribution in [0.4, 0.5) is 0 Å². The van der Waals surface area contributed by atoms with Gasteiger partial charge in [-0.05, 0) is 36.1 Å². The molecule has 1 radical (unpaired) electrons. The summed E-state index contributed by atoms with van der Waals surface area (Å²) in [6.07, 6.45) is 6.62. The van der Waals surface area contributed by atoms with Crippen molar-refractivity contribution in [2.75, 3.05) is 0 Å². The third kappa shape index (κ3) is 2.58. The zero-order chi connectivity index (χ0) is 14.8. The van der Waals surface area contributed by atoms with Crippen LogP contribution in [0.2, 0.25) is 0 Å². The lowest BCUT2D eigenvalue weighted by Crippen LogP contribution is -2.13. The van der Waals surface area contributed by atoms with Crippen molar-refractivity contribution in [3.63, 3.8) is 0 Å². The summed E-state index contributed by atoms with van der Waals surface area (Å²) >= 11 is 0. The van der Waals surface area contributed by atoms with E-state index in [0.717, 1.165) is 0 Å². The fourth-order valence-corrected chi connectivity index (χ4v) is 3.29. The molecule has 21 heavy (non-hydrogen) atoms. The zero-order valence-electron chi connectivity index (χ0n) is 12.9. The highest BCUT2D eigenvalue weighted by molar-refractivity contribution is 5.71. The highest BCUT2D eigenvalue weighted by Crippen LogP contribution is 2.42. The van der Waals surface area contributed by atoms with Gasteiger partial charge in [-0.3, -0.25) is 0 Å². The third-order valence-corrected chi connectivity index (χ3v) is 4.33. The Morgan fingerprint density at radius 1 is 0.810 bits per heavy atom. The Morgan fingerprint density at radius 3 is 2.29 bits per heavy atom. The van der Waals surface area contributed by atoms with Gasteiger partial charge in [0.2, 0.25) is 0 Å². The number of aryl methyl sites for hydroxylation is 1. The Bertz CT molecular complexity index is 689. The maximum atomic E-state index is 2.25. The molecule has 0 N–H and O–H groups in total. The molecule has 0 saturated carbocycles. The highest BCUT2D eigenvalue weighted by atomic mass is 14.3. The summed E-state index contributed by atoms with van der Waals surface area (Å²) in [7, 11) is 0. The number of allylic oxidation sites excluding steroid dienone is 4. The van der Waals surface area contributed by atoms with E-state index >= 15 is 0 Å². The number of hydrogen-bond acceptors (Lipinski definition) is 0. The topological polar surface area (TPSA) is 0 Å². The molecule has 0 aromatic heterocycles. The number of hydrogen-bond donors (Lipinski definition) is 0. The van der Waals surface area contributed by atoms with Gasteiger partial charge in [-0.1, -0.05) is 79.3 Å². The third-order valence-electron chi connectivity index (χ3n) is 4.33. The number of rotatable bonds is 2. The van der Waals surface area contributed by atoms with Gasteiger partial charge >= 0.3 is 0 Å².